The minimum atomic E-state index is 0.268. The average molecular weight is 299 g/mol. The molecule has 0 fully saturated rings. The molecule has 0 amide bonds. The van der Waals surface area contributed by atoms with E-state index in [0.29, 0.717) is 22.3 Å². The topological polar surface area (TPSA) is 104 Å². The van der Waals surface area contributed by atoms with Crippen LogP contribution in [-0.2, 0) is 0 Å². The maximum atomic E-state index is 5.88. The summed E-state index contributed by atoms with van der Waals surface area (Å²) in [5.41, 5.74) is 14.2. The van der Waals surface area contributed by atoms with Crippen molar-refractivity contribution in [2.24, 2.45) is 0 Å². The number of hydrogen-bond acceptors (Lipinski definition) is 7. The van der Waals surface area contributed by atoms with E-state index < -0.39 is 0 Å². The van der Waals surface area contributed by atoms with Gasteiger partial charge in [0.1, 0.15) is 11.5 Å². The van der Waals surface area contributed by atoms with Gasteiger partial charge in [0.05, 0.1) is 17.6 Å². The number of nitrogen functional groups attached to an aromatic ring is 2. The highest BCUT2D eigenvalue weighted by Crippen LogP contribution is 2.33. The smallest absolute Gasteiger partial charge is 0.187 e. The number of furan rings is 1. The van der Waals surface area contributed by atoms with E-state index in [2.05, 4.69) is 15.0 Å². The van der Waals surface area contributed by atoms with Crippen LogP contribution < -0.4 is 11.5 Å². The first-order valence-electron chi connectivity index (χ1n) is 6.16. The number of nitrogens with zero attached hydrogens (tertiary/aromatic N) is 3. The molecular weight excluding hydrogens is 286 g/mol. The molecule has 7 heteroatoms. The first-order chi connectivity index (χ1) is 10.2. The highest BCUT2D eigenvalue weighted by atomic mass is 32.2. The largest absolute Gasteiger partial charge is 0.463 e. The molecule has 6 nitrogen and oxygen atoms in total. The maximum absolute atomic E-state index is 5.88. The molecule has 0 aromatic carbocycles. The van der Waals surface area contributed by atoms with Gasteiger partial charge in [-0.05, 0) is 30.5 Å². The van der Waals surface area contributed by atoms with Crippen LogP contribution in [0.2, 0.25) is 0 Å². The van der Waals surface area contributed by atoms with E-state index in [0.717, 1.165) is 11.3 Å². The molecule has 0 aliphatic carbocycles. The summed E-state index contributed by atoms with van der Waals surface area (Å²) in [7, 11) is 0. The molecule has 106 valence electrons. The van der Waals surface area contributed by atoms with Crippen LogP contribution in [0.15, 0.2) is 46.3 Å². The first kappa shape index (κ1) is 13.4. The van der Waals surface area contributed by atoms with Gasteiger partial charge in [-0.25, -0.2) is 15.0 Å². The molecule has 0 radical (unpaired) electrons. The van der Waals surface area contributed by atoms with Crippen molar-refractivity contribution in [3.8, 4) is 22.7 Å². The minimum Gasteiger partial charge on any atom is -0.463 e. The third-order valence-corrected chi connectivity index (χ3v) is 3.49. The van der Waals surface area contributed by atoms with Crippen molar-refractivity contribution < 1.29 is 4.42 Å². The molecule has 4 N–H and O–H groups in total. The molecule has 0 aliphatic heterocycles. The van der Waals surface area contributed by atoms with Crippen LogP contribution >= 0.6 is 11.8 Å². The second kappa shape index (κ2) is 5.45. The standard InChI is InChI=1S/C14H13N5OS/c1-21-14-17-5-4-10(18-14)8-7-9(15)13(16)19-12(8)11-3-2-6-20-11/h2-7H,15H2,1H3,(H2,16,19). The van der Waals surface area contributed by atoms with Crippen molar-refractivity contribution in [1.82, 2.24) is 15.0 Å². The summed E-state index contributed by atoms with van der Waals surface area (Å²) in [5.74, 6) is 0.880. The molecule has 21 heavy (non-hydrogen) atoms. The van der Waals surface area contributed by atoms with E-state index in [1.54, 1.807) is 30.7 Å². The third-order valence-electron chi connectivity index (χ3n) is 2.93. The number of anilines is 2. The van der Waals surface area contributed by atoms with E-state index in [9.17, 15) is 0 Å². The summed E-state index contributed by atoms with van der Waals surface area (Å²) in [5, 5.41) is 0.674. The highest BCUT2D eigenvalue weighted by molar-refractivity contribution is 7.98. The number of pyridine rings is 1. The van der Waals surface area contributed by atoms with Crippen LogP contribution in [-0.4, -0.2) is 21.2 Å². The molecule has 3 aromatic rings. The lowest BCUT2D eigenvalue weighted by atomic mass is 10.1. The maximum Gasteiger partial charge on any atom is 0.187 e. The molecule has 0 spiro atoms. The fraction of sp³-hybridized carbons (Fsp3) is 0.0714. The lowest BCUT2D eigenvalue weighted by molar-refractivity contribution is 0.580. The zero-order valence-corrected chi connectivity index (χ0v) is 12.1. The Morgan fingerprint density at radius 2 is 2.05 bits per heavy atom. The molecule has 0 aliphatic rings. The molecular formula is C14H13N5OS. The van der Waals surface area contributed by atoms with Crippen LogP contribution in [0, 0.1) is 0 Å². The Morgan fingerprint density at radius 3 is 2.76 bits per heavy atom. The van der Waals surface area contributed by atoms with Gasteiger partial charge in [0.15, 0.2) is 10.9 Å². The molecule has 0 bridgehead atoms. The summed E-state index contributed by atoms with van der Waals surface area (Å²) < 4.78 is 5.43. The second-order valence-corrected chi connectivity index (χ2v) is 5.04. The van der Waals surface area contributed by atoms with Gasteiger partial charge in [0.2, 0.25) is 0 Å². The van der Waals surface area contributed by atoms with Crippen molar-refractivity contribution >= 4 is 23.3 Å². The van der Waals surface area contributed by atoms with Gasteiger partial charge in [-0.3, -0.25) is 0 Å². The Balaban J connectivity index is 2.23. The van der Waals surface area contributed by atoms with Gasteiger partial charge < -0.3 is 15.9 Å². The van der Waals surface area contributed by atoms with Crippen molar-refractivity contribution in [3.05, 3.63) is 36.7 Å². The Hall–Kier alpha value is -2.54. The van der Waals surface area contributed by atoms with Crippen LogP contribution in [0.25, 0.3) is 22.7 Å². The predicted molar refractivity (Wildman–Crippen MR) is 83.6 cm³/mol. The van der Waals surface area contributed by atoms with Crippen LogP contribution in [0.5, 0.6) is 0 Å². The van der Waals surface area contributed by atoms with E-state index in [-0.39, 0.29) is 5.82 Å². The van der Waals surface area contributed by atoms with Crippen molar-refractivity contribution in [3.63, 3.8) is 0 Å². The normalized spacial score (nSPS) is 10.7. The fourth-order valence-corrected chi connectivity index (χ4v) is 2.28. The Bertz CT molecular complexity index is 773. The van der Waals surface area contributed by atoms with Crippen LogP contribution in [0.1, 0.15) is 0 Å². The molecule has 3 rings (SSSR count). The van der Waals surface area contributed by atoms with E-state index in [1.165, 1.54) is 11.8 Å². The highest BCUT2D eigenvalue weighted by Gasteiger charge is 2.15. The van der Waals surface area contributed by atoms with Gasteiger partial charge in [-0.15, -0.1) is 0 Å². The molecule has 0 saturated carbocycles. The quantitative estimate of drug-likeness (QED) is 0.566. The molecule has 0 atom stereocenters. The lowest BCUT2D eigenvalue weighted by Crippen LogP contribution is -2.02. The predicted octanol–water partition coefficient (Wildman–Crippen LogP) is 2.68. The number of thioether (sulfide) groups is 1. The summed E-state index contributed by atoms with van der Waals surface area (Å²) in [6.45, 7) is 0. The average Bonchev–Trinajstić information content (AvgIpc) is 3.04. The van der Waals surface area contributed by atoms with Crippen molar-refractivity contribution in [2.75, 3.05) is 17.7 Å². The third kappa shape index (κ3) is 2.55. The van der Waals surface area contributed by atoms with Gasteiger partial charge >= 0.3 is 0 Å². The summed E-state index contributed by atoms with van der Waals surface area (Å²) in [6, 6.07) is 7.17. The number of hydrogen-bond donors (Lipinski definition) is 2. The summed E-state index contributed by atoms with van der Waals surface area (Å²) in [4.78, 5) is 13.0. The second-order valence-electron chi connectivity index (χ2n) is 4.26. The number of aromatic nitrogens is 3. The van der Waals surface area contributed by atoms with Crippen LogP contribution in [0.4, 0.5) is 11.5 Å². The molecule has 3 aromatic heterocycles. The zero-order valence-electron chi connectivity index (χ0n) is 11.3. The fourth-order valence-electron chi connectivity index (χ4n) is 1.93. The van der Waals surface area contributed by atoms with E-state index in [4.69, 9.17) is 15.9 Å². The minimum absolute atomic E-state index is 0.268. The van der Waals surface area contributed by atoms with Crippen molar-refractivity contribution in [2.45, 2.75) is 5.16 Å². The van der Waals surface area contributed by atoms with Gasteiger partial charge in [-0.2, -0.15) is 0 Å². The SMILES string of the molecule is CSc1nccc(-c2cc(N)c(N)nc2-c2ccco2)n1. The zero-order chi connectivity index (χ0) is 14.8. The van der Waals surface area contributed by atoms with Gasteiger partial charge in [0, 0.05) is 11.8 Å². The Morgan fingerprint density at radius 1 is 1.19 bits per heavy atom. The summed E-state index contributed by atoms with van der Waals surface area (Å²) >= 11 is 1.47. The van der Waals surface area contributed by atoms with Crippen LogP contribution in [0.3, 0.4) is 0 Å². The van der Waals surface area contributed by atoms with Gasteiger partial charge in [-0.1, -0.05) is 11.8 Å². The molecule has 3 heterocycles. The number of rotatable bonds is 3. The van der Waals surface area contributed by atoms with E-state index in [1.807, 2.05) is 12.3 Å². The van der Waals surface area contributed by atoms with E-state index >= 15 is 0 Å². The summed E-state index contributed by atoms with van der Waals surface area (Å²) in [6.07, 6.45) is 5.20. The molecule has 0 unspecified atom stereocenters. The number of nitrogens with two attached hydrogens (primary N) is 2. The lowest BCUT2D eigenvalue weighted by Gasteiger charge is -2.10. The Kier molecular flexibility index (Phi) is 3.49. The van der Waals surface area contributed by atoms with Crippen molar-refractivity contribution in [1.29, 1.82) is 0 Å². The molecule has 0 saturated heterocycles. The monoisotopic (exact) mass is 299 g/mol. The Labute approximate surface area is 125 Å². The van der Waals surface area contributed by atoms with Gasteiger partial charge in [0.25, 0.3) is 0 Å². The first-order valence-corrected chi connectivity index (χ1v) is 7.39.